The highest BCUT2D eigenvalue weighted by atomic mass is 16.4. The van der Waals surface area contributed by atoms with Crippen molar-refractivity contribution >= 4 is 5.97 Å². The minimum absolute atomic E-state index is 0.229. The van der Waals surface area contributed by atoms with E-state index in [4.69, 9.17) is 5.11 Å². The number of hydrogen-bond donors (Lipinski definition) is 2. The average Bonchev–Trinajstić information content (AvgIpc) is 2.41. The molecule has 0 aliphatic carbocycles. The summed E-state index contributed by atoms with van der Waals surface area (Å²) < 4.78 is 0. The number of nitrogens with zero attached hydrogens (tertiary/aromatic N) is 2. The maximum absolute atomic E-state index is 11.0. The second kappa shape index (κ2) is 6.06. The third kappa shape index (κ3) is 3.35. The average molecular weight is 257 g/mol. The summed E-state index contributed by atoms with van der Waals surface area (Å²) in [6.45, 7) is 2.98. The molecule has 0 fully saturated rings. The van der Waals surface area contributed by atoms with Gasteiger partial charge in [0.25, 0.3) is 0 Å². The summed E-state index contributed by atoms with van der Waals surface area (Å²) in [4.78, 5) is 19.4. The van der Waals surface area contributed by atoms with Gasteiger partial charge in [-0.25, -0.2) is 4.79 Å². The van der Waals surface area contributed by atoms with E-state index in [1.165, 1.54) is 0 Å². The van der Waals surface area contributed by atoms with Crippen molar-refractivity contribution in [3.8, 4) is 0 Å². The molecule has 2 N–H and O–H groups in total. The molecule has 5 heteroatoms. The largest absolute Gasteiger partial charge is 0.478 e. The number of carbonyl (C=O) groups is 1. The second-order valence-corrected chi connectivity index (χ2v) is 4.17. The Hall–Kier alpha value is -2.27. The van der Waals surface area contributed by atoms with Crippen molar-refractivity contribution in [1.82, 2.24) is 15.3 Å². The van der Waals surface area contributed by atoms with Crippen molar-refractivity contribution in [2.24, 2.45) is 0 Å². The van der Waals surface area contributed by atoms with Crippen LogP contribution < -0.4 is 5.32 Å². The zero-order valence-corrected chi connectivity index (χ0v) is 10.6. The van der Waals surface area contributed by atoms with Crippen LogP contribution in [-0.4, -0.2) is 21.0 Å². The highest BCUT2D eigenvalue weighted by Gasteiger charge is 2.09. The second-order valence-electron chi connectivity index (χ2n) is 4.17. The molecular formula is C14H15N3O2. The first-order valence-corrected chi connectivity index (χ1v) is 5.97. The number of aryl methyl sites for hydroxylation is 1. The van der Waals surface area contributed by atoms with Gasteiger partial charge in [-0.05, 0) is 30.7 Å². The van der Waals surface area contributed by atoms with Gasteiger partial charge in [-0.1, -0.05) is 6.07 Å². The Morgan fingerprint density at radius 2 is 1.79 bits per heavy atom. The molecule has 5 nitrogen and oxygen atoms in total. The van der Waals surface area contributed by atoms with Crippen molar-refractivity contribution in [2.45, 2.75) is 20.0 Å². The molecule has 0 amide bonds. The lowest BCUT2D eigenvalue weighted by Gasteiger charge is -2.08. The Bertz CT molecular complexity index is 584. The minimum Gasteiger partial charge on any atom is -0.478 e. The van der Waals surface area contributed by atoms with Gasteiger partial charge in [-0.2, -0.15) is 0 Å². The van der Waals surface area contributed by atoms with Crippen LogP contribution in [-0.2, 0) is 13.1 Å². The van der Waals surface area contributed by atoms with Crippen LogP contribution in [0.25, 0.3) is 0 Å². The summed E-state index contributed by atoms with van der Waals surface area (Å²) in [5.74, 6) is -0.959. The molecule has 19 heavy (non-hydrogen) atoms. The number of aromatic carboxylic acids is 1. The predicted molar refractivity (Wildman–Crippen MR) is 70.7 cm³/mol. The molecule has 0 bridgehead atoms. The first-order chi connectivity index (χ1) is 9.18. The van der Waals surface area contributed by atoms with Gasteiger partial charge in [0.1, 0.15) is 0 Å². The fraction of sp³-hybridized carbons (Fsp3) is 0.214. The Labute approximate surface area is 111 Å². The summed E-state index contributed by atoms with van der Waals surface area (Å²) in [7, 11) is 0. The molecule has 0 unspecified atom stereocenters. The van der Waals surface area contributed by atoms with Crippen LogP contribution in [0.2, 0.25) is 0 Å². The van der Waals surface area contributed by atoms with Crippen LogP contribution in [0.5, 0.6) is 0 Å². The van der Waals surface area contributed by atoms with Crippen LogP contribution in [0.15, 0.2) is 36.7 Å². The fourth-order valence-electron chi connectivity index (χ4n) is 1.78. The fourth-order valence-corrected chi connectivity index (χ4v) is 1.78. The first kappa shape index (κ1) is 13.2. The lowest BCUT2D eigenvalue weighted by Crippen LogP contribution is -2.17. The Kier molecular flexibility index (Phi) is 4.20. The van der Waals surface area contributed by atoms with Crippen molar-refractivity contribution in [1.29, 1.82) is 0 Å². The summed E-state index contributed by atoms with van der Waals surface area (Å²) in [6, 6.07) is 7.06. The molecule has 0 aromatic carbocycles. The summed E-state index contributed by atoms with van der Waals surface area (Å²) in [5.41, 5.74) is 2.82. The van der Waals surface area contributed by atoms with E-state index in [0.29, 0.717) is 18.8 Å². The molecule has 0 spiro atoms. The Morgan fingerprint density at radius 3 is 2.47 bits per heavy atom. The van der Waals surface area contributed by atoms with E-state index in [-0.39, 0.29) is 5.56 Å². The number of carboxylic acids is 1. The maximum atomic E-state index is 11.0. The Balaban J connectivity index is 2.00. The van der Waals surface area contributed by atoms with E-state index in [0.717, 1.165) is 11.3 Å². The number of pyridine rings is 2. The van der Waals surface area contributed by atoms with Gasteiger partial charge in [0.15, 0.2) is 0 Å². The van der Waals surface area contributed by atoms with E-state index in [1.54, 1.807) is 24.5 Å². The van der Waals surface area contributed by atoms with Crippen molar-refractivity contribution in [3.63, 3.8) is 0 Å². The van der Waals surface area contributed by atoms with Gasteiger partial charge in [0, 0.05) is 25.5 Å². The molecular weight excluding hydrogens is 242 g/mol. The number of aromatic nitrogens is 2. The SMILES string of the molecule is Cc1cccnc1CNCc1ncccc1C(=O)O. The monoisotopic (exact) mass is 257 g/mol. The molecule has 0 saturated carbocycles. The van der Waals surface area contributed by atoms with Crippen LogP contribution >= 0.6 is 0 Å². The normalized spacial score (nSPS) is 10.4. The lowest BCUT2D eigenvalue weighted by molar-refractivity contribution is 0.0695. The van der Waals surface area contributed by atoms with Crippen LogP contribution in [0.1, 0.15) is 27.3 Å². The number of hydrogen-bond acceptors (Lipinski definition) is 4. The van der Waals surface area contributed by atoms with Crippen LogP contribution in [0, 0.1) is 6.92 Å². The molecule has 0 saturated heterocycles. The topological polar surface area (TPSA) is 75.1 Å². The van der Waals surface area contributed by atoms with Gasteiger partial charge in [-0.3, -0.25) is 9.97 Å². The zero-order chi connectivity index (χ0) is 13.7. The molecule has 2 aromatic heterocycles. The van der Waals surface area contributed by atoms with E-state index < -0.39 is 5.97 Å². The first-order valence-electron chi connectivity index (χ1n) is 5.97. The quantitative estimate of drug-likeness (QED) is 0.853. The lowest BCUT2D eigenvalue weighted by atomic mass is 10.2. The summed E-state index contributed by atoms with van der Waals surface area (Å²) in [5, 5.41) is 12.2. The molecule has 0 radical (unpaired) electrons. The third-order valence-electron chi connectivity index (χ3n) is 2.82. The molecule has 0 aliphatic heterocycles. The highest BCUT2D eigenvalue weighted by Crippen LogP contribution is 2.06. The summed E-state index contributed by atoms with van der Waals surface area (Å²) >= 11 is 0. The van der Waals surface area contributed by atoms with Crippen LogP contribution in [0.4, 0.5) is 0 Å². The molecule has 0 aliphatic rings. The van der Waals surface area contributed by atoms with E-state index in [1.807, 2.05) is 19.1 Å². The standard InChI is InChI=1S/C14H15N3O2/c1-10-4-2-6-16-12(10)8-15-9-13-11(14(18)19)5-3-7-17-13/h2-7,15H,8-9H2,1H3,(H,18,19). The maximum Gasteiger partial charge on any atom is 0.337 e. The third-order valence-corrected chi connectivity index (χ3v) is 2.82. The van der Waals surface area contributed by atoms with Crippen LogP contribution in [0.3, 0.4) is 0 Å². The van der Waals surface area contributed by atoms with E-state index >= 15 is 0 Å². The molecule has 2 aromatic rings. The van der Waals surface area contributed by atoms with Crippen molar-refractivity contribution in [2.75, 3.05) is 0 Å². The summed E-state index contributed by atoms with van der Waals surface area (Å²) in [6.07, 6.45) is 3.34. The number of rotatable bonds is 5. The van der Waals surface area contributed by atoms with Crippen molar-refractivity contribution in [3.05, 3.63) is 59.2 Å². The molecule has 98 valence electrons. The molecule has 0 atom stereocenters. The molecule has 2 rings (SSSR count). The number of carboxylic acid groups (broad SMARTS) is 1. The molecule has 2 heterocycles. The van der Waals surface area contributed by atoms with Gasteiger partial charge < -0.3 is 10.4 Å². The van der Waals surface area contributed by atoms with Gasteiger partial charge in [0.05, 0.1) is 17.0 Å². The highest BCUT2D eigenvalue weighted by molar-refractivity contribution is 5.88. The Morgan fingerprint density at radius 1 is 1.16 bits per heavy atom. The van der Waals surface area contributed by atoms with E-state index in [9.17, 15) is 4.79 Å². The predicted octanol–water partition coefficient (Wildman–Crippen LogP) is 1.77. The number of nitrogens with one attached hydrogen (secondary N) is 1. The van der Waals surface area contributed by atoms with Gasteiger partial charge in [0.2, 0.25) is 0 Å². The smallest absolute Gasteiger partial charge is 0.337 e. The van der Waals surface area contributed by atoms with Crippen molar-refractivity contribution < 1.29 is 9.90 Å². The van der Waals surface area contributed by atoms with Gasteiger partial charge in [-0.15, -0.1) is 0 Å². The zero-order valence-electron chi connectivity index (χ0n) is 10.6. The van der Waals surface area contributed by atoms with E-state index in [2.05, 4.69) is 15.3 Å². The van der Waals surface area contributed by atoms with Gasteiger partial charge >= 0.3 is 5.97 Å². The minimum atomic E-state index is -0.959.